The topological polar surface area (TPSA) is 12.0 Å². The van der Waals surface area contributed by atoms with Gasteiger partial charge in [-0.1, -0.05) is 34.1 Å². The highest BCUT2D eigenvalue weighted by atomic mass is 79.9. The van der Waals surface area contributed by atoms with Crippen LogP contribution in [0.2, 0.25) is 0 Å². The highest BCUT2D eigenvalue weighted by Gasteiger charge is 2.19. The van der Waals surface area contributed by atoms with E-state index in [1.165, 1.54) is 33.9 Å². The van der Waals surface area contributed by atoms with Crippen LogP contribution in [0.1, 0.15) is 23.6 Å². The van der Waals surface area contributed by atoms with Gasteiger partial charge in [0.15, 0.2) is 0 Å². The molecule has 1 aliphatic heterocycles. The second kappa shape index (κ2) is 5.59. The molecule has 2 aromatic rings. The summed E-state index contributed by atoms with van der Waals surface area (Å²) in [5.74, 6) is 1.18. The van der Waals surface area contributed by atoms with E-state index in [2.05, 4.69) is 70.6 Å². The number of fused-ring (bicyclic) bond motifs is 1. The first-order valence-corrected chi connectivity index (χ1v) is 8.26. The number of hydrogen-bond donors (Lipinski definition) is 1. The Morgan fingerprint density at radius 1 is 1.21 bits per heavy atom. The number of aryl methyl sites for hydroxylation is 1. The molecule has 0 fully saturated rings. The van der Waals surface area contributed by atoms with E-state index in [0.717, 1.165) is 4.47 Å². The van der Waals surface area contributed by atoms with Gasteiger partial charge in [0.05, 0.1) is 6.04 Å². The van der Waals surface area contributed by atoms with Crippen LogP contribution in [0.15, 0.2) is 51.8 Å². The molecule has 0 spiro atoms. The van der Waals surface area contributed by atoms with Crippen LogP contribution >= 0.6 is 27.7 Å². The molecule has 0 aliphatic carbocycles. The van der Waals surface area contributed by atoms with E-state index in [4.69, 9.17) is 0 Å². The molecule has 1 atom stereocenters. The zero-order chi connectivity index (χ0) is 13.2. The minimum atomic E-state index is 0.429. The number of anilines is 1. The third-order valence-corrected chi connectivity index (χ3v) is 5.47. The Kier molecular flexibility index (Phi) is 3.85. The number of halogens is 1. The molecule has 1 heterocycles. The van der Waals surface area contributed by atoms with Crippen LogP contribution in [-0.4, -0.2) is 5.75 Å². The van der Waals surface area contributed by atoms with E-state index in [1.807, 2.05) is 11.8 Å². The number of benzene rings is 2. The van der Waals surface area contributed by atoms with Gasteiger partial charge in [0.25, 0.3) is 0 Å². The fraction of sp³-hybridized carbons (Fsp3) is 0.250. The predicted octanol–water partition coefficient (Wildman–Crippen LogP) is 5.41. The second-order valence-electron chi connectivity index (χ2n) is 4.84. The molecule has 0 aromatic heterocycles. The van der Waals surface area contributed by atoms with Gasteiger partial charge in [0.1, 0.15) is 0 Å². The van der Waals surface area contributed by atoms with Crippen molar-refractivity contribution < 1.29 is 0 Å². The molecule has 98 valence electrons. The lowest BCUT2D eigenvalue weighted by Crippen LogP contribution is -2.16. The molecule has 1 nitrogen and oxygen atoms in total. The molecule has 19 heavy (non-hydrogen) atoms. The molecule has 2 aromatic carbocycles. The van der Waals surface area contributed by atoms with Crippen molar-refractivity contribution in [2.45, 2.75) is 24.3 Å². The summed E-state index contributed by atoms with van der Waals surface area (Å²) in [5, 5.41) is 3.67. The van der Waals surface area contributed by atoms with Crippen molar-refractivity contribution in [3.05, 3.63) is 58.1 Å². The van der Waals surface area contributed by atoms with Crippen LogP contribution in [0, 0.1) is 6.92 Å². The van der Waals surface area contributed by atoms with Crippen LogP contribution in [-0.2, 0) is 0 Å². The largest absolute Gasteiger partial charge is 0.378 e. The van der Waals surface area contributed by atoms with E-state index in [-0.39, 0.29) is 0 Å². The molecule has 3 rings (SSSR count). The van der Waals surface area contributed by atoms with Crippen molar-refractivity contribution in [2.75, 3.05) is 11.1 Å². The SMILES string of the molecule is Cc1cc(NC2CCSc3ccccc32)ccc1Br. The maximum atomic E-state index is 3.67. The zero-order valence-electron chi connectivity index (χ0n) is 10.8. The first kappa shape index (κ1) is 13.1. The third-order valence-electron chi connectivity index (χ3n) is 3.46. The Morgan fingerprint density at radius 3 is 2.89 bits per heavy atom. The smallest absolute Gasteiger partial charge is 0.0532 e. The Bertz CT molecular complexity index is 597. The van der Waals surface area contributed by atoms with E-state index in [9.17, 15) is 0 Å². The number of nitrogens with one attached hydrogen (secondary N) is 1. The standard InChI is InChI=1S/C16H16BrNS/c1-11-10-12(6-7-14(11)17)18-15-8-9-19-16-5-3-2-4-13(15)16/h2-7,10,15,18H,8-9H2,1H3. The van der Waals surface area contributed by atoms with E-state index in [0.29, 0.717) is 6.04 Å². The Morgan fingerprint density at radius 2 is 2.05 bits per heavy atom. The number of thioether (sulfide) groups is 1. The predicted molar refractivity (Wildman–Crippen MR) is 87.0 cm³/mol. The summed E-state index contributed by atoms with van der Waals surface area (Å²) in [6, 6.07) is 15.6. The summed E-state index contributed by atoms with van der Waals surface area (Å²) in [6.07, 6.45) is 1.18. The van der Waals surface area contributed by atoms with Gasteiger partial charge >= 0.3 is 0 Å². The summed E-state index contributed by atoms with van der Waals surface area (Å²) in [4.78, 5) is 1.42. The Hall–Kier alpha value is -0.930. The molecule has 3 heteroatoms. The van der Waals surface area contributed by atoms with Crippen molar-refractivity contribution in [3.63, 3.8) is 0 Å². The van der Waals surface area contributed by atoms with Crippen LogP contribution in [0.3, 0.4) is 0 Å². The molecule has 1 N–H and O–H groups in total. The summed E-state index contributed by atoms with van der Waals surface area (Å²) >= 11 is 5.51. The molecule has 0 amide bonds. The van der Waals surface area contributed by atoms with Crippen molar-refractivity contribution in [1.29, 1.82) is 0 Å². The fourth-order valence-electron chi connectivity index (χ4n) is 2.43. The lowest BCUT2D eigenvalue weighted by molar-refractivity contribution is 0.728. The monoisotopic (exact) mass is 333 g/mol. The van der Waals surface area contributed by atoms with E-state index < -0.39 is 0 Å². The molecule has 0 saturated carbocycles. The average molecular weight is 334 g/mol. The lowest BCUT2D eigenvalue weighted by Gasteiger charge is -2.27. The summed E-state index contributed by atoms with van der Waals surface area (Å²) in [7, 11) is 0. The van der Waals surface area contributed by atoms with Crippen molar-refractivity contribution in [1.82, 2.24) is 0 Å². The molecular weight excluding hydrogens is 318 g/mol. The maximum absolute atomic E-state index is 3.67. The van der Waals surface area contributed by atoms with Crippen LogP contribution in [0.25, 0.3) is 0 Å². The van der Waals surface area contributed by atoms with Gasteiger partial charge in [-0.05, 0) is 48.7 Å². The second-order valence-corrected chi connectivity index (χ2v) is 6.83. The third kappa shape index (κ3) is 2.82. The summed E-state index contributed by atoms with van der Waals surface area (Å²) in [5.41, 5.74) is 3.90. The summed E-state index contributed by atoms with van der Waals surface area (Å²) in [6.45, 7) is 2.12. The first-order chi connectivity index (χ1) is 9.24. The number of rotatable bonds is 2. The minimum Gasteiger partial charge on any atom is -0.378 e. The van der Waals surface area contributed by atoms with Gasteiger partial charge < -0.3 is 5.32 Å². The molecule has 0 saturated heterocycles. The van der Waals surface area contributed by atoms with Gasteiger partial charge in [-0.25, -0.2) is 0 Å². The molecule has 1 aliphatic rings. The van der Waals surface area contributed by atoms with Crippen molar-refractivity contribution in [2.24, 2.45) is 0 Å². The van der Waals surface area contributed by atoms with Crippen molar-refractivity contribution in [3.8, 4) is 0 Å². The zero-order valence-corrected chi connectivity index (χ0v) is 13.2. The lowest BCUT2D eigenvalue weighted by atomic mass is 10.0. The normalized spacial score (nSPS) is 17.9. The number of hydrogen-bond acceptors (Lipinski definition) is 2. The van der Waals surface area contributed by atoms with Gasteiger partial charge in [-0.3, -0.25) is 0 Å². The van der Waals surface area contributed by atoms with Crippen LogP contribution in [0.5, 0.6) is 0 Å². The highest BCUT2D eigenvalue weighted by Crippen LogP contribution is 2.37. The molecule has 0 radical (unpaired) electrons. The Labute approximate surface area is 126 Å². The first-order valence-electron chi connectivity index (χ1n) is 6.48. The van der Waals surface area contributed by atoms with Crippen LogP contribution < -0.4 is 5.32 Å². The quantitative estimate of drug-likeness (QED) is 0.788. The van der Waals surface area contributed by atoms with E-state index >= 15 is 0 Å². The maximum Gasteiger partial charge on any atom is 0.0532 e. The molecule has 0 bridgehead atoms. The molecule has 1 unspecified atom stereocenters. The minimum absolute atomic E-state index is 0.429. The highest BCUT2D eigenvalue weighted by molar-refractivity contribution is 9.10. The van der Waals surface area contributed by atoms with Crippen molar-refractivity contribution >= 4 is 33.4 Å². The summed E-state index contributed by atoms with van der Waals surface area (Å²) < 4.78 is 1.16. The van der Waals surface area contributed by atoms with Gasteiger partial charge in [-0.2, -0.15) is 0 Å². The average Bonchev–Trinajstić information content (AvgIpc) is 2.43. The van der Waals surface area contributed by atoms with Gasteiger partial charge in [0.2, 0.25) is 0 Å². The fourth-order valence-corrected chi connectivity index (χ4v) is 3.80. The molecular formula is C16H16BrNS. The van der Waals surface area contributed by atoms with Gasteiger partial charge in [0, 0.05) is 20.8 Å². The van der Waals surface area contributed by atoms with E-state index in [1.54, 1.807) is 0 Å². The Balaban J connectivity index is 1.86. The van der Waals surface area contributed by atoms with Crippen LogP contribution in [0.4, 0.5) is 5.69 Å². The van der Waals surface area contributed by atoms with Gasteiger partial charge in [-0.15, -0.1) is 11.8 Å².